The molecule has 0 aliphatic carbocycles. The van der Waals surface area contributed by atoms with E-state index < -0.39 is 10.0 Å². The van der Waals surface area contributed by atoms with Gasteiger partial charge in [0, 0.05) is 19.0 Å². The fraction of sp³-hybridized carbons (Fsp3) is 0.600. The lowest BCUT2D eigenvalue weighted by atomic mass is 9.85. The Kier molecular flexibility index (Phi) is 4.85. The van der Waals surface area contributed by atoms with Crippen molar-refractivity contribution in [2.75, 3.05) is 20.2 Å². The molecular formula is C15H22ClNO3S. The summed E-state index contributed by atoms with van der Waals surface area (Å²) in [5.41, 5.74) is 0.848. The Balaban J connectivity index is 2.39. The second-order valence-corrected chi connectivity index (χ2v) is 8.40. The number of rotatable bonds is 4. The number of hydrogen-bond acceptors (Lipinski definition) is 3. The van der Waals surface area contributed by atoms with E-state index in [1.165, 1.54) is 7.11 Å². The molecule has 0 N–H and O–H groups in total. The van der Waals surface area contributed by atoms with Crippen LogP contribution >= 0.6 is 11.6 Å². The molecule has 4 nitrogen and oxygen atoms in total. The van der Waals surface area contributed by atoms with Gasteiger partial charge in [-0.2, -0.15) is 4.31 Å². The Hall–Kier alpha value is -0.780. The molecule has 1 aliphatic heterocycles. The van der Waals surface area contributed by atoms with Gasteiger partial charge in [0.1, 0.15) is 10.6 Å². The number of benzene rings is 1. The van der Waals surface area contributed by atoms with E-state index in [4.69, 9.17) is 16.3 Å². The molecule has 0 spiro atoms. The smallest absolute Gasteiger partial charge is 0.246 e. The van der Waals surface area contributed by atoms with Gasteiger partial charge in [-0.05, 0) is 36.0 Å². The average molecular weight is 332 g/mol. The van der Waals surface area contributed by atoms with Gasteiger partial charge in [0.2, 0.25) is 10.0 Å². The molecule has 0 amide bonds. The zero-order valence-electron chi connectivity index (χ0n) is 12.7. The number of sulfonamides is 1. The van der Waals surface area contributed by atoms with Gasteiger partial charge in [-0.1, -0.05) is 19.9 Å². The van der Waals surface area contributed by atoms with Crippen LogP contribution in [0.2, 0.25) is 0 Å². The van der Waals surface area contributed by atoms with Crippen LogP contribution in [-0.2, 0) is 15.9 Å². The zero-order chi connectivity index (χ0) is 15.7. The third kappa shape index (κ3) is 3.52. The highest BCUT2D eigenvalue weighted by Gasteiger charge is 2.35. The highest BCUT2D eigenvalue weighted by Crippen LogP contribution is 2.34. The molecule has 1 aliphatic rings. The van der Waals surface area contributed by atoms with E-state index in [0.717, 1.165) is 18.4 Å². The Bertz CT molecular complexity index is 613. The summed E-state index contributed by atoms with van der Waals surface area (Å²) >= 11 is 5.79. The SMILES string of the molecule is COc1cc(CCl)ccc1S(=O)(=O)N1CCCC(C)(C)C1. The molecule has 1 saturated heterocycles. The molecule has 0 aromatic heterocycles. The summed E-state index contributed by atoms with van der Waals surface area (Å²) in [6.45, 7) is 5.30. The van der Waals surface area contributed by atoms with Crippen molar-refractivity contribution in [1.29, 1.82) is 0 Å². The number of hydrogen-bond donors (Lipinski definition) is 0. The van der Waals surface area contributed by atoms with Crippen LogP contribution in [-0.4, -0.2) is 32.9 Å². The fourth-order valence-corrected chi connectivity index (χ4v) is 4.69. The van der Waals surface area contributed by atoms with Gasteiger partial charge < -0.3 is 4.74 Å². The highest BCUT2D eigenvalue weighted by molar-refractivity contribution is 7.89. The summed E-state index contributed by atoms with van der Waals surface area (Å²) in [6.07, 6.45) is 1.93. The molecule has 0 radical (unpaired) electrons. The van der Waals surface area contributed by atoms with Crippen molar-refractivity contribution >= 4 is 21.6 Å². The number of alkyl halides is 1. The lowest BCUT2D eigenvalue weighted by Crippen LogP contribution is -2.43. The fourth-order valence-electron chi connectivity index (χ4n) is 2.72. The Morgan fingerprint density at radius 2 is 2.10 bits per heavy atom. The van der Waals surface area contributed by atoms with Gasteiger partial charge in [0.15, 0.2) is 0 Å². The van der Waals surface area contributed by atoms with Gasteiger partial charge in [-0.25, -0.2) is 8.42 Å². The standard InChI is InChI=1S/C15H22ClNO3S/c1-15(2)7-4-8-17(11-15)21(18,19)14-6-5-12(10-16)9-13(14)20-3/h5-6,9H,4,7-8,10-11H2,1-3H3. The van der Waals surface area contributed by atoms with E-state index in [9.17, 15) is 8.42 Å². The second kappa shape index (κ2) is 6.15. The maximum Gasteiger partial charge on any atom is 0.246 e. The van der Waals surface area contributed by atoms with Gasteiger partial charge in [0.05, 0.1) is 7.11 Å². The first kappa shape index (κ1) is 16.6. The minimum Gasteiger partial charge on any atom is -0.495 e. The number of piperidine rings is 1. The maximum absolute atomic E-state index is 12.9. The first-order chi connectivity index (χ1) is 9.80. The minimum atomic E-state index is -3.54. The molecule has 0 unspecified atom stereocenters. The molecule has 1 heterocycles. The summed E-state index contributed by atoms with van der Waals surface area (Å²) in [7, 11) is -2.06. The molecular weight excluding hydrogens is 310 g/mol. The van der Waals surface area contributed by atoms with E-state index in [0.29, 0.717) is 24.7 Å². The highest BCUT2D eigenvalue weighted by atomic mass is 35.5. The topological polar surface area (TPSA) is 46.6 Å². The van der Waals surface area contributed by atoms with Crippen LogP contribution in [0, 0.1) is 5.41 Å². The Labute approximate surface area is 132 Å². The Morgan fingerprint density at radius 1 is 1.38 bits per heavy atom. The zero-order valence-corrected chi connectivity index (χ0v) is 14.3. The molecule has 0 bridgehead atoms. The minimum absolute atomic E-state index is 0.00857. The summed E-state index contributed by atoms with van der Waals surface area (Å²) in [6, 6.07) is 5.01. The van der Waals surface area contributed by atoms with Gasteiger partial charge in [0.25, 0.3) is 0 Å². The van der Waals surface area contributed by atoms with Crippen molar-refractivity contribution in [1.82, 2.24) is 4.31 Å². The van der Waals surface area contributed by atoms with Crippen LogP contribution in [0.25, 0.3) is 0 Å². The van der Waals surface area contributed by atoms with Crippen molar-refractivity contribution < 1.29 is 13.2 Å². The maximum atomic E-state index is 12.9. The third-order valence-electron chi connectivity index (χ3n) is 3.87. The van der Waals surface area contributed by atoms with Gasteiger partial charge in [-0.3, -0.25) is 0 Å². The van der Waals surface area contributed by atoms with E-state index in [1.807, 2.05) is 0 Å². The lowest BCUT2D eigenvalue weighted by Gasteiger charge is -2.37. The monoisotopic (exact) mass is 331 g/mol. The second-order valence-electron chi connectivity index (χ2n) is 6.23. The summed E-state index contributed by atoms with van der Waals surface area (Å²) < 4.78 is 32.6. The number of nitrogens with zero attached hydrogens (tertiary/aromatic N) is 1. The molecule has 21 heavy (non-hydrogen) atoms. The first-order valence-electron chi connectivity index (χ1n) is 7.03. The van der Waals surface area contributed by atoms with Crippen LogP contribution < -0.4 is 4.74 Å². The van der Waals surface area contributed by atoms with Crippen molar-refractivity contribution in [3.05, 3.63) is 23.8 Å². The predicted molar refractivity (Wildman–Crippen MR) is 84.3 cm³/mol. The van der Waals surface area contributed by atoms with Crippen LogP contribution in [0.3, 0.4) is 0 Å². The molecule has 0 saturated carbocycles. The van der Waals surface area contributed by atoms with Crippen molar-refractivity contribution in [3.8, 4) is 5.75 Å². The quantitative estimate of drug-likeness (QED) is 0.796. The van der Waals surface area contributed by atoms with Crippen molar-refractivity contribution in [2.24, 2.45) is 5.41 Å². The largest absolute Gasteiger partial charge is 0.495 e. The number of halogens is 1. The number of ether oxygens (including phenoxy) is 1. The van der Waals surface area contributed by atoms with E-state index in [2.05, 4.69) is 13.8 Å². The van der Waals surface area contributed by atoms with E-state index in [1.54, 1.807) is 22.5 Å². The van der Waals surface area contributed by atoms with E-state index in [-0.39, 0.29) is 10.3 Å². The molecule has 0 atom stereocenters. The van der Waals surface area contributed by atoms with Crippen molar-refractivity contribution in [2.45, 2.75) is 37.5 Å². The lowest BCUT2D eigenvalue weighted by molar-refractivity contribution is 0.186. The van der Waals surface area contributed by atoms with Crippen LogP contribution in [0.1, 0.15) is 32.3 Å². The van der Waals surface area contributed by atoms with Crippen LogP contribution in [0.4, 0.5) is 0 Å². The van der Waals surface area contributed by atoms with Gasteiger partial charge in [-0.15, -0.1) is 11.6 Å². The Morgan fingerprint density at radius 3 is 2.67 bits per heavy atom. The summed E-state index contributed by atoms with van der Waals surface area (Å²) in [5.74, 6) is 0.685. The van der Waals surface area contributed by atoms with E-state index >= 15 is 0 Å². The summed E-state index contributed by atoms with van der Waals surface area (Å²) in [4.78, 5) is 0.219. The molecule has 1 aromatic carbocycles. The average Bonchev–Trinajstić information content (AvgIpc) is 2.45. The third-order valence-corrected chi connectivity index (χ3v) is 6.06. The summed E-state index contributed by atoms with van der Waals surface area (Å²) in [5, 5.41) is 0. The molecule has 1 aromatic rings. The first-order valence-corrected chi connectivity index (χ1v) is 9.01. The van der Waals surface area contributed by atoms with Crippen LogP contribution in [0.15, 0.2) is 23.1 Å². The molecule has 118 valence electrons. The normalized spacial score (nSPS) is 19.4. The molecule has 2 rings (SSSR count). The van der Waals surface area contributed by atoms with Crippen LogP contribution in [0.5, 0.6) is 5.75 Å². The van der Waals surface area contributed by atoms with Gasteiger partial charge >= 0.3 is 0 Å². The molecule has 1 fully saturated rings. The molecule has 6 heteroatoms. The predicted octanol–water partition coefficient (Wildman–Crippen LogP) is 3.24. The number of methoxy groups -OCH3 is 1. The van der Waals surface area contributed by atoms with Crippen molar-refractivity contribution in [3.63, 3.8) is 0 Å².